The van der Waals surface area contributed by atoms with Gasteiger partial charge in [-0.25, -0.2) is 0 Å². The number of hydrogen-bond donors (Lipinski definition) is 0. The predicted octanol–water partition coefficient (Wildman–Crippen LogP) is 3.89. The van der Waals surface area contributed by atoms with Crippen molar-refractivity contribution in [1.82, 2.24) is 0 Å². The van der Waals surface area contributed by atoms with E-state index < -0.39 is 0 Å². The van der Waals surface area contributed by atoms with E-state index in [1.54, 1.807) is 0 Å². The van der Waals surface area contributed by atoms with Crippen LogP contribution in [0.3, 0.4) is 0 Å². The second kappa shape index (κ2) is 4.86. The average molecular weight is 174 g/mol. The van der Waals surface area contributed by atoms with Crippen LogP contribution >= 0.6 is 0 Å². The van der Waals surface area contributed by atoms with E-state index in [4.69, 9.17) is 0 Å². The molecule has 1 aromatic rings. The van der Waals surface area contributed by atoms with Crippen LogP contribution in [0.25, 0.3) is 0 Å². The summed E-state index contributed by atoms with van der Waals surface area (Å²) in [6.07, 6.45) is 3.37. The van der Waals surface area contributed by atoms with Crippen LogP contribution in [-0.2, 0) is 6.42 Å². The lowest BCUT2D eigenvalue weighted by Gasteiger charge is -2.05. The first-order valence-electron chi connectivity index (χ1n) is 4.95. The highest BCUT2D eigenvalue weighted by Gasteiger charge is 1.97. The third-order valence-electron chi connectivity index (χ3n) is 2.51. The minimum atomic E-state index is 1.10. The van der Waals surface area contributed by atoms with Gasteiger partial charge in [-0.15, -0.1) is 0 Å². The Morgan fingerprint density at radius 3 is 2.62 bits per heavy atom. The van der Waals surface area contributed by atoms with Crippen LogP contribution in [-0.4, -0.2) is 0 Å². The predicted molar refractivity (Wildman–Crippen MR) is 58.9 cm³/mol. The Morgan fingerprint density at radius 2 is 2.00 bits per heavy atom. The Bertz CT molecular complexity index is 284. The summed E-state index contributed by atoms with van der Waals surface area (Å²) in [5.41, 5.74) is 4.20. The van der Waals surface area contributed by atoms with E-state index in [-0.39, 0.29) is 0 Å². The normalized spacial score (nSPS) is 10.0. The quantitative estimate of drug-likeness (QED) is 0.607. The van der Waals surface area contributed by atoms with Crippen molar-refractivity contribution in [3.8, 4) is 0 Å². The van der Waals surface area contributed by atoms with Gasteiger partial charge in [-0.05, 0) is 37.3 Å². The van der Waals surface area contributed by atoms with Crippen molar-refractivity contribution in [2.75, 3.05) is 0 Å². The molecule has 0 aromatic heterocycles. The molecule has 0 N–H and O–H groups in total. The molecular formula is C13H18. The highest BCUT2D eigenvalue weighted by molar-refractivity contribution is 5.26. The zero-order chi connectivity index (χ0) is 9.68. The first-order chi connectivity index (χ1) is 6.24. The summed E-state index contributed by atoms with van der Waals surface area (Å²) in [5, 5.41) is 0. The topological polar surface area (TPSA) is 0 Å². The Morgan fingerprint density at radius 1 is 1.31 bits per heavy atom. The van der Waals surface area contributed by atoms with Gasteiger partial charge in [0.15, 0.2) is 0 Å². The molecule has 0 fully saturated rings. The SMILES string of the molecule is C=C(CC)CCc1ccccc1C. The van der Waals surface area contributed by atoms with E-state index >= 15 is 0 Å². The number of aryl methyl sites for hydroxylation is 2. The first kappa shape index (κ1) is 10.0. The van der Waals surface area contributed by atoms with E-state index in [1.165, 1.54) is 16.7 Å². The molecule has 0 heteroatoms. The lowest BCUT2D eigenvalue weighted by Crippen LogP contribution is -1.90. The van der Waals surface area contributed by atoms with E-state index in [2.05, 4.69) is 44.7 Å². The molecule has 0 unspecified atom stereocenters. The molecular weight excluding hydrogens is 156 g/mol. The molecule has 0 heterocycles. The van der Waals surface area contributed by atoms with Gasteiger partial charge in [0, 0.05) is 0 Å². The van der Waals surface area contributed by atoms with E-state index in [0.717, 1.165) is 19.3 Å². The molecule has 0 atom stereocenters. The van der Waals surface area contributed by atoms with Crippen LogP contribution in [0, 0.1) is 6.92 Å². The summed E-state index contributed by atoms with van der Waals surface area (Å²) < 4.78 is 0. The van der Waals surface area contributed by atoms with E-state index in [0.29, 0.717) is 0 Å². The van der Waals surface area contributed by atoms with Crippen molar-refractivity contribution in [2.45, 2.75) is 33.1 Å². The number of benzene rings is 1. The summed E-state index contributed by atoms with van der Waals surface area (Å²) in [6, 6.07) is 8.58. The van der Waals surface area contributed by atoms with Crippen molar-refractivity contribution >= 4 is 0 Å². The molecule has 0 amide bonds. The van der Waals surface area contributed by atoms with Crippen LogP contribution in [0.15, 0.2) is 36.4 Å². The Hall–Kier alpha value is -1.04. The molecule has 0 aliphatic heterocycles. The highest BCUT2D eigenvalue weighted by atomic mass is 14.0. The molecule has 0 aliphatic rings. The highest BCUT2D eigenvalue weighted by Crippen LogP contribution is 2.13. The maximum Gasteiger partial charge on any atom is -0.0239 e. The second-order valence-electron chi connectivity index (χ2n) is 3.53. The fourth-order valence-electron chi connectivity index (χ4n) is 1.38. The minimum Gasteiger partial charge on any atom is -0.0999 e. The molecule has 1 aromatic carbocycles. The van der Waals surface area contributed by atoms with E-state index in [9.17, 15) is 0 Å². The number of rotatable bonds is 4. The summed E-state index contributed by atoms with van der Waals surface area (Å²) in [6.45, 7) is 8.36. The average Bonchev–Trinajstić information content (AvgIpc) is 2.16. The first-order valence-corrected chi connectivity index (χ1v) is 4.95. The van der Waals surface area contributed by atoms with Crippen molar-refractivity contribution in [3.05, 3.63) is 47.5 Å². The molecule has 13 heavy (non-hydrogen) atoms. The second-order valence-corrected chi connectivity index (χ2v) is 3.53. The smallest absolute Gasteiger partial charge is 0.0239 e. The molecule has 0 radical (unpaired) electrons. The van der Waals surface area contributed by atoms with Gasteiger partial charge in [0.2, 0.25) is 0 Å². The maximum absolute atomic E-state index is 4.02. The largest absolute Gasteiger partial charge is 0.0999 e. The number of allylic oxidation sites excluding steroid dienone is 1. The van der Waals surface area contributed by atoms with Crippen molar-refractivity contribution < 1.29 is 0 Å². The van der Waals surface area contributed by atoms with Crippen LogP contribution in [0.1, 0.15) is 30.9 Å². The van der Waals surface area contributed by atoms with Crippen LogP contribution in [0.4, 0.5) is 0 Å². The summed E-state index contributed by atoms with van der Waals surface area (Å²) >= 11 is 0. The van der Waals surface area contributed by atoms with Gasteiger partial charge in [0.05, 0.1) is 0 Å². The summed E-state index contributed by atoms with van der Waals surface area (Å²) in [5.74, 6) is 0. The molecule has 1 rings (SSSR count). The standard InChI is InChI=1S/C13H18/c1-4-11(2)9-10-13-8-6-5-7-12(13)3/h5-8H,2,4,9-10H2,1,3H3. The summed E-state index contributed by atoms with van der Waals surface area (Å²) in [4.78, 5) is 0. The Labute approximate surface area is 81.3 Å². The fraction of sp³-hybridized carbons (Fsp3) is 0.385. The van der Waals surface area contributed by atoms with Gasteiger partial charge in [0.1, 0.15) is 0 Å². The summed E-state index contributed by atoms with van der Waals surface area (Å²) in [7, 11) is 0. The lowest BCUT2D eigenvalue weighted by atomic mass is 10.0. The Kier molecular flexibility index (Phi) is 3.75. The van der Waals surface area contributed by atoms with Gasteiger partial charge in [-0.3, -0.25) is 0 Å². The van der Waals surface area contributed by atoms with Gasteiger partial charge in [-0.1, -0.05) is 43.3 Å². The van der Waals surface area contributed by atoms with Crippen molar-refractivity contribution in [1.29, 1.82) is 0 Å². The maximum atomic E-state index is 4.02. The van der Waals surface area contributed by atoms with Crippen LogP contribution in [0.2, 0.25) is 0 Å². The van der Waals surface area contributed by atoms with Gasteiger partial charge >= 0.3 is 0 Å². The zero-order valence-corrected chi connectivity index (χ0v) is 8.64. The van der Waals surface area contributed by atoms with Gasteiger partial charge < -0.3 is 0 Å². The molecule has 0 saturated carbocycles. The monoisotopic (exact) mass is 174 g/mol. The third-order valence-corrected chi connectivity index (χ3v) is 2.51. The van der Waals surface area contributed by atoms with Crippen molar-refractivity contribution in [3.63, 3.8) is 0 Å². The van der Waals surface area contributed by atoms with Gasteiger partial charge in [0.25, 0.3) is 0 Å². The third kappa shape index (κ3) is 3.06. The van der Waals surface area contributed by atoms with Crippen LogP contribution in [0.5, 0.6) is 0 Å². The molecule has 0 bridgehead atoms. The molecule has 0 aliphatic carbocycles. The minimum absolute atomic E-state index is 1.10. The number of hydrogen-bond acceptors (Lipinski definition) is 0. The lowest BCUT2D eigenvalue weighted by molar-refractivity contribution is 0.884. The van der Waals surface area contributed by atoms with E-state index in [1.807, 2.05) is 0 Å². The van der Waals surface area contributed by atoms with Crippen molar-refractivity contribution in [2.24, 2.45) is 0 Å². The van der Waals surface area contributed by atoms with Gasteiger partial charge in [-0.2, -0.15) is 0 Å². The molecule has 70 valence electrons. The van der Waals surface area contributed by atoms with Crippen LogP contribution < -0.4 is 0 Å². The Balaban J connectivity index is 2.54. The zero-order valence-electron chi connectivity index (χ0n) is 8.64. The fourth-order valence-corrected chi connectivity index (χ4v) is 1.38. The molecule has 0 spiro atoms. The molecule has 0 saturated heterocycles. The molecule has 0 nitrogen and oxygen atoms in total.